The van der Waals surface area contributed by atoms with E-state index in [1.807, 2.05) is 12.1 Å². The largest absolute Gasteiger partial charge is 0.261 e. The molecule has 1 aliphatic rings. The molecule has 102 valence electrons. The smallest absolute Gasteiger partial charge is 0.178 e. The maximum absolute atomic E-state index is 9.37. The predicted octanol–water partition coefficient (Wildman–Crippen LogP) is 2.10. The first-order valence-corrected chi connectivity index (χ1v) is 7.38. The molecule has 0 saturated heterocycles. The summed E-state index contributed by atoms with van der Waals surface area (Å²) in [6, 6.07) is 5.79. The van der Waals surface area contributed by atoms with Crippen molar-refractivity contribution < 1.29 is 0 Å². The molecule has 0 saturated carbocycles. The van der Waals surface area contributed by atoms with Gasteiger partial charge < -0.3 is 0 Å². The molecule has 0 aliphatic carbocycles. The molecule has 22 heavy (non-hydrogen) atoms. The Labute approximate surface area is 133 Å². The van der Waals surface area contributed by atoms with Gasteiger partial charge in [0.15, 0.2) is 11.4 Å². The van der Waals surface area contributed by atoms with Crippen LogP contribution in [0.3, 0.4) is 0 Å². The summed E-state index contributed by atoms with van der Waals surface area (Å²) in [6.07, 6.45) is 4.52. The van der Waals surface area contributed by atoms with E-state index in [1.165, 1.54) is 42.1 Å². The Hall–Kier alpha value is -2.93. The van der Waals surface area contributed by atoms with Crippen LogP contribution < -0.4 is 0 Å². The van der Waals surface area contributed by atoms with Gasteiger partial charge in [0.05, 0.1) is 10.4 Å². The summed E-state index contributed by atoms with van der Waals surface area (Å²) < 4.78 is 0.650. The minimum absolute atomic E-state index is 0.0198. The lowest BCUT2D eigenvalue weighted by Gasteiger charge is -1.99. The van der Waals surface area contributed by atoms with Crippen molar-refractivity contribution in [1.29, 1.82) is 15.8 Å². The number of hydrogen-bond acceptors (Lipinski definition) is 9. The molecule has 0 spiro atoms. The van der Waals surface area contributed by atoms with Gasteiger partial charge in [0.25, 0.3) is 0 Å². The van der Waals surface area contributed by atoms with Crippen molar-refractivity contribution in [3.63, 3.8) is 0 Å². The molecule has 3 rings (SSSR count). The van der Waals surface area contributed by atoms with E-state index < -0.39 is 0 Å². The Morgan fingerprint density at radius 3 is 2.05 bits per heavy atom. The number of rotatable bonds is 1. The summed E-state index contributed by atoms with van der Waals surface area (Å²) in [5.74, 6) is 0. The fraction of sp³-hybridized carbons (Fsp3) is 0. The summed E-state index contributed by atoms with van der Waals surface area (Å²) in [6.45, 7) is 0. The topological polar surface area (TPSA) is 123 Å². The molecule has 7 nitrogen and oxygen atoms in total. The van der Waals surface area contributed by atoms with Crippen molar-refractivity contribution in [2.45, 2.75) is 10.1 Å². The molecule has 2 aromatic heterocycles. The van der Waals surface area contributed by atoms with E-state index in [0.29, 0.717) is 25.6 Å². The SMILES string of the molecule is N#CC(=C1Sc2nc(C#N)c(C#N)nc2S1)c1cnccn1. The first kappa shape index (κ1) is 14.0. The highest BCUT2D eigenvalue weighted by atomic mass is 32.2. The van der Waals surface area contributed by atoms with Crippen LogP contribution in [0.25, 0.3) is 5.57 Å². The Balaban J connectivity index is 2.08. The number of allylic oxidation sites excluding steroid dienone is 1. The van der Waals surface area contributed by atoms with Gasteiger partial charge in [-0.25, -0.2) is 9.97 Å². The molecule has 1 aliphatic heterocycles. The van der Waals surface area contributed by atoms with Gasteiger partial charge in [0.1, 0.15) is 39.5 Å². The molecule has 0 unspecified atom stereocenters. The highest BCUT2D eigenvalue weighted by Crippen LogP contribution is 2.51. The van der Waals surface area contributed by atoms with E-state index in [9.17, 15) is 5.26 Å². The molecule has 0 fully saturated rings. The number of thioether (sulfide) groups is 2. The van der Waals surface area contributed by atoms with Crippen LogP contribution in [-0.2, 0) is 0 Å². The molecule has 0 radical (unpaired) electrons. The predicted molar refractivity (Wildman–Crippen MR) is 77.7 cm³/mol. The summed E-state index contributed by atoms with van der Waals surface area (Å²) in [5.41, 5.74) is 0.774. The quantitative estimate of drug-likeness (QED) is 0.726. The summed E-state index contributed by atoms with van der Waals surface area (Å²) in [5, 5.41) is 28.3. The van der Waals surface area contributed by atoms with E-state index in [1.54, 1.807) is 0 Å². The molecule has 2 aromatic rings. The van der Waals surface area contributed by atoms with Crippen LogP contribution in [0.15, 0.2) is 32.9 Å². The van der Waals surface area contributed by atoms with E-state index in [-0.39, 0.29) is 11.4 Å². The first-order chi connectivity index (χ1) is 10.8. The second-order valence-electron chi connectivity index (χ2n) is 3.82. The van der Waals surface area contributed by atoms with Crippen molar-refractivity contribution in [1.82, 2.24) is 19.9 Å². The summed E-state index contributed by atoms with van der Waals surface area (Å²) >= 11 is 2.46. The molecule has 9 heteroatoms. The van der Waals surface area contributed by atoms with Crippen molar-refractivity contribution in [2.75, 3.05) is 0 Å². The molecule has 0 N–H and O–H groups in total. The van der Waals surface area contributed by atoms with Crippen LogP contribution in [0.1, 0.15) is 17.1 Å². The van der Waals surface area contributed by atoms with E-state index >= 15 is 0 Å². The van der Waals surface area contributed by atoms with Crippen molar-refractivity contribution >= 4 is 29.1 Å². The monoisotopic (exact) mass is 321 g/mol. The Morgan fingerprint density at radius 1 is 0.955 bits per heavy atom. The number of fused-ring (bicyclic) bond motifs is 1. The van der Waals surface area contributed by atoms with Crippen molar-refractivity contribution in [2.24, 2.45) is 0 Å². The number of nitrogens with zero attached hydrogens (tertiary/aromatic N) is 7. The van der Waals surface area contributed by atoms with Crippen LogP contribution in [0.5, 0.6) is 0 Å². The van der Waals surface area contributed by atoms with Gasteiger partial charge in [0.2, 0.25) is 0 Å². The molecular formula is C13H3N7S2. The molecular weight excluding hydrogens is 318 g/mol. The molecule has 0 bridgehead atoms. The zero-order chi connectivity index (χ0) is 15.5. The molecule has 0 amide bonds. The lowest BCUT2D eigenvalue weighted by atomic mass is 10.2. The number of nitriles is 3. The molecule has 0 atom stereocenters. The molecule has 3 heterocycles. The second kappa shape index (κ2) is 5.82. The van der Waals surface area contributed by atoms with Gasteiger partial charge in [-0.1, -0.05) is 23.5 Å². The number of aromatic nitrogens is 4. The van der Waals surface area contributed by atoms with E-state index in [2.05, 4.69) is 26.0 Å². The maximum Gasteiger partial charge on any atom is 0.178 e. The highest BCUT2D eigenvalue weighted by Gasteiger charge is 2.27. The van der Waals surface area contributed by atoms with E-state index in [4.69, 9.17) is 10.5 Å². The zero-order valence-corrected chi connectivity index (χ0v) is 12.3. The minimum Gasteiger partial charge on any atom is -0.261 e. The summed E-state index contributed by atoms with van der Waals surface area (Å²) in [4.78, 5) is 16.3. The Morgan fingerprint density at radius 2 is 1.59 bits per heavy atom. The third kappa shape index (κ3) is 2.38. The van der Waals surface area contributed by atoms with Gasteiger partial charge in [0, 0.05) is 12.4 Å². The Kier molecular flexibility index (Phi) is 3.71. The van der Waals surface area contributed by atoms with Crippen LogP contribution >= 0.6 is 23.5 Å². The molecule has 0 aromatic carbocycles. The fourth-order valence-corrected chi connectivity index (χ4v) is 3.91. The van der Waals surface area contributed by atoms with Gasteiger partial charge in [-0.2, -0.15) is 15.8 Å². The van der Waals surface area contributed by atoms with Crippen LogP contribution in [0.4, 0.5) is 0 Å². The van der Waals surface area contributed by atoms with Crippen LogP contribution in [0, 0.1) is 34.0 Å². The average molecular weight is 321 g/mol. The third-order valence-electron chi connectivity index (χ3n) is 2.56. The van der Waals surface area contributed by atoms with Gasteiger partial charge in [-0.05, 0) is 0 Å². The van der Waals surface area contributed by atoms with E-state index in [0.717, 1.165) is 0 Å². The maximum atomic E-state index is 9.37. The van der Waals surface area contributed by atoms with Gasteiger partial charge in [-0.15, -0.1) is 0 Å². The Bertz CT molecular complexity index is 871. The normalized spacial score (nSPS) is 12.0. The second-order valence-corrected chi connectivity index (χ2v) is 6.08. The fourth-order valence-electron chi connectivity index (χ4n) is 1.63. The third-order valence-corrected chi connectivity index (χ3v) is 4.92. The van der Waals surface area contributed by atoms with Crippen molar-refractivity contribution in [3.05, 3.63) is 39.9 Å². The standard InChI is InChI=1S/C13H3N7S2/c14-3-7(10-6-17-1-2-18-10)13-21-11-12(22-13)20-9(5-16)8(4-15)19-11/h1-2,6H. The lowest BCUT2D eigenvalue weighted by molar-refractivity contribution is 0.902. The lowest BCUT2D eigenvalue weighted by Crippen LogP contribution is -1.96. The van der Waals surface area contributed by atoms with Crippen LogP contribution in [-0.4, -0.2) is 19.9 Å². The number of hydrogen-bond donors (Lipinski definition) is 0. The average Bonchev–Trinajstić information content (AvgIpc) is 2.97. The summed E-state index contributed by atoms with van der Waals surface area (Å²) in [7, 11) is 0. The zero-order valence-electron chi connectivity index (χ0n) is 10.7. The van der Waals surface area contributed by atoms with Gasteiger partial charge in [-0.3, -0.25) is 9.97 Å². The van der Waals surface area contributed by atoms with Gasteiger partial charge >= 0.3 is 0 Å². The van der Waals surface area contributed by atoms with Crippen molar-refractivity contribution in [3.8, 4) is 18.2 Å². The highest BCUT2D eigenvalue weighted by molar-refractivity contribution is 8.24. The van der Waals surface area contributed by atoms with Crippen LogP contribution in [0.2, 0.25) is 0 Å². The minimum atomic E-state index is -0.0198. The first-order valence-electron chi connectivity index (χ1n) is 5.75.